The van der Waals surface area contributed by atoms with E-state index in [-0.39, 0.29) is 37.7 Å². The molecule has 2 aliphatic heterocycles. The maximum atomic E-state index is 14.4. The number of likely N-dealkylation sites (tertiary alicyclic amines) is 2. The number of ether oxygens (including phenoxy) is 2. The van der Waals surface area contributed by atoms with E-state index < -0.39 is 53.8 Å². The zero-order valence-corrected chi connectivity index (χ0v) is 29.5. The molecule has 2 aliphatic rings. The van der Waals surface area contributed by atoms with Crippen molar-refractivity contribution in [2.75, 3.05) is 20.1 Å². The van der Waals surface area contributed by atoms with E-state index in [1.165, 1.54) is 11.9 Å². The number of carbonyl (C=O) groups is 5. The molecule has 2 aromatic rings. The summed E-state index contributed by atoms with van der Waals surface area (Å²) in [7, 11) is 1.47. The SMILES string of the molecule is CC(C)NC(=O)N1CC(OC(=O)NCc2ccccc2)C2C1CCN2C(=O)C(NC(=O)C(C)N(C)C(=O)OCc1ccccc1)C(C)(C)C. The van der Waals surface area contributed by atoms with Gasteiger partial charge >= 0.3 is 18.2 Å². The average molecular weight is 679 g/mol. The molecule has 4 rings (SSSR count). The number of likely N-dealkylation sites (N-methyl/N-ethyl adjacent to an activating group) is 1. The summed E-state index contributed by atoms with van der Waals surface area (Å²) < 4.78 is 11.3. The number of hydrogen-bond acceptors (Lipinski definition) is 7. The molecule has 5 unspecified atom stereocenters. The van der Waals surface area contributed by atoms with Crippen LogP contribution < -0.4 is 16.0 Å². The zero-order valence-electron chi connectivity index (χ0n) is 29.5. The molecule has 6 amide bonds. The zero-order chi connectivity index (χ0) is 35.9. The van der Waals surface area contributed by atoms with E-state index in [4.69, 9.17) is 9.47 Å². The lowest BCUT2D eigenvalue weighted by atomic mass is 9.85. The van der Waals surface area contributed by atoms with Crippen molar-refractivity contribution >= 4 is 30.0 Å². The van der Waals surface area contributed by atoms with Gasteiger partial charge in [-0.1, -0.05) is 81.4 Å². The number of rotatable bonds is 10. The Kier molecular flexibility index (Phi) is 12.1. The summed E-state index contributed by atoms with van der Waals surface area (Å²) in [5, 5.41) is 8.56. The Morgan fingerprint density at radius 1 is 0.898 bits per heavy atom. The molecule has 2 saturated heterocycles. The van der Waals surface area contributed by atoms with Gasteiger partial charge in [0.25, 0.3) is 0 Å². The predicted octanol–water partition coefficient (Wildman–Crippen LogP) is 3.87. The molecular weight excluding hydrogens is 628 g/mol. The molecule has 0 aromatic heterocycles. The van der Waals surface area contributed by atoms with Crippen LogP contribution in [0.25, 0.3) is 0 Å². The fraction of sp³-hybridized carbons (Fsp3) is 0.528. The molecule has 2 fully saturated rings. The number of nitrogens with one attached hydrogen (secondary N) is 3. The predicted molar refractivity (Wildman–Crippen MR) is 183 cm³/mol. The van der Waals surface area contributed by atoms with Crippen molar-refractivity contribution in [2.45, 2.75) is 97.4 Å². The van der Waals surface area contributed by atoms with Gasteiger partial charge in [0.15, 0.2) is 0 Å². The van der Waals surface area contributed by atoms with Gasteiger partial charge in [-0.05, 0) is 43.7 Å². The van der Waals surface area contributed by atoms with Crippen LogP contribution in [0.4, 0.5) is 14.4 Å². The van der Waals surface area contributed by atoms with Crippen LogP contribution in [0.2, 0.25) is 0 Å². The lowest BCUT2D eigenvalue weighted by Crippen LogP contribution is -2.60. The molecule has 0 spiro atoms. The van der Waals surface area contributed by atoms with E-state index in [2.05, 4.69) is 16.0 Å². The van der Waals surface area contributed by atoms with Gasteiger partial charge < -0.3 is 35.2 Å². The summed E-state index contributed by atoms with van der Waals surface area (Å²) in [6.45, 7) is 11.5. The van der Waals surface area contributed by atoms with Crippen LogP contribution in [0.3, 0.4) is 0 Å². The van der Waals surface area contributed by atoms with Crippen LogP contribution in [0.5, 0.6) is 0 Å². The minimum Gasteiger partial charge on any atom is -0.445 e. The first kappa shape index (κ1) is 37.0. The third kappa shape index (κ3) is 9.42. The van der Waals surface area contributed by atoms with Gasteiger partial charge in [-0.2, -0.15) is 0 Å². The highest BCUT2D eigenvalue weighted by Crippen LogP contribution is 2.36. The van der Waals surface area contributed by atoms with Gasteiger partial charge in [0, 0.05) is 26.2 Å². The number of amides is 6. The number of carbonyl (C=O) groups excluding carboxylic acids is 5. The highest BCUT2D eigenvalue weighted by atomic mass is 16.6. The number of fused-ring (bicyclic) bond motifs is 1. The van der Waals surface area contributed by atoms with Crippen LogP contribution >= 0.6 is 0 Å². The first-order valence-electron chi connectivity index (χ1n) is 16.8. The van der Waals surface area contributed by atoms with Crippen molar-refractivity contribution in [2.24, 2.45) is 5.41 Å². The highest BCUT2D eigenvalue weighted by molar-refractivity contribution is 5.92. The van der Waals surface area contributed by atoms with E-state index in [9.17, 15) is 24.0 Å². The summed E-state index contributed by atoms with van der Waals surface area (Å²) >= 11 is 0. The number of urea groups is 1. The number of hydrogen-bond donors (Lipinski definition) is 3. The molecule has 49 heavy (non-hydrogen) atoms. The van der Waals surface area contributed by atoms with Crippen molar-refractivity contribution in [1.29, 1.82) is 0 Å². The molecule has 266 valence electrons. The van der Waals surface area contributed by atoms with E-state index in [1.807, 2.05) is 95.3 Å². The Labute approximate surface area is 288 Å². The smallest absolute Gasteiger partial charge is 0.410 e. The normalized spacial score (nSPS) is 19.8. The van der Waals surface area contributed by atoms with Crippen LogP contribution in [0, 0.1) is 5.41 Å². The van der Waals surface area contributed by atoms with Gasteiger partial charge in [0.05, 0.1) is 18.6 Å². The molecule has 0 saturated carbocycles. The van der Waals surface area contributed by atoms with Crippen LogP contribution in [0.15, 0.2) is 60.7 Å². The molecule has 0 aliphatic carbocycles. The molecule has 13 nitrogen and oxygen atoms in total. The minimum absolute atomic E-state index is 0.0543. The summed E-state index contributed by atoms with van der Waals surface area (Å²) in [6, 6.07) is 15.2. The maximum absolute atomic E-state index is 14.4. The third-order valence-electron chi connectivity index (χ3n) is 8.93. The van der Waals surface area contributed by atoms with Gasteiger partial charge in [-0.25, -0.2) is 14.4 Å². The number of alkyl carbamates (subject to hydrolysis) is 1. The van der Waals surface area contributed by atoms with Gasteiger partial charge in [-0.15, -0.1) is 0 Å². The molecule has 2 heterocycles. The van der Waals surface area contributed by atoms with E-state index in [0.29, 0.717) is 13.0 Å². The largest absolute Gasteiger partial charge is 0.445 e. The lowest BCUT2D eigenvalue weighted by molar-refractivity contribution is -0.142. The van der Waals surface area contributed by atoms with E-state index in [0.717, 1.165) is 11.1 Å². The quantitative estimate of drug-likeness (QED) is 0.346. The van der Waals surface area contributed by atoms with Gasteiger partial charge in [0.2, 0.25) is 11.8 Å². The van der Waals surface area contributed by atoms with Crippen molar-refractivity contribution in [3.8, 4) is 0 Å². The molecule has 5 atom stereocenters. The van der Waals surface area contributed by atoms with E-state index >= 15 is 0 Å². The molecule has 0 bridgehead atoms. The molecule has 0 radical (unpaired) electrons. The molecule has 2 aromatic carbocycles. The highest BCUT2D eigenvalue weighted by Gasteiger charge is 2.55. The Morgan fingerprint density at radius 3 is 2.10 bits per heavy atom. The fourth-order valence-electron chi connectivity index (χ4n) is 6.13. The monoisotopic (exact) mass is 678 g/mol. The van der Waals surface area contributed by atoms with E-state index in [1.54, 1.807) is 16.7 Å². The Bertz CT molecular complexity index is 1470. The summed E-state index contributed by atoms with van der Waals surface area (Å²) in [6.07, 6.45) is -1.66. The summed E-state index contributed by atoms with van der Waals surface area (Å²) in [5.41, 5.74) is 0.979. The first-order chi connectivity index (χ1) is 23.2. The minimum atomic E-state index is -0.985. The van der Waals surface area contributed by atoms with Crippen molar-refractivity contribution in [1.82, 2.24) is 30.7 Å². The molecule has 3 N–H and O–H groups in total. The second kappa shape index (κ2) is 16.1. The fourth-order valence-corrected chi connectivity index (χ4v) is 6.13. The third-order valence-corrected chi connectivity index (χ3v) is 8.93. The molecule has 13 heteroatoms. The first-order valence-corrected chi connectivity index (χ1v) is 16.8. The lowest BCUT2D eigenvalue weighted by Gasteiger charge is -2.37. The van der Waals surface area contributed by atoms with Crippen molar-refractivity contribution < 1.29 is 33.4 Å². The van der Waals surface area contributed by atoms with Gasteiger partial charge in [-0.3, -0.25) is 14.5 Å². The standard InChI is InChI=1S/C36H50N6O7/c1-23(2)38-33(45)42-21-28(49-34(46)37-20-25-14-10-8-11-15-25)29-27(42)18-19-41(29)32(44)30(36(4,5)6)39-31(43)24(3)40(7)35(47)48-22-26-16-12-9-13-17-26/h8-17,23-24,27-30H,18-22H2,1-7H3,(H,37,46)(H,38,45)(H,39,43). The number of benzene rings is 2. The number of nitrogens with zero attached hydrogens (tertiary/aromatic N) is 3. The maximum Gasteiger partial charge on any atom is 0.410 e. The average Bonchev–Trinajstić information content (AvgIpc) is 3.65. The van der Waals surface area contributed by atoms with Crippen LogP contribution in [0.1, 0.15) is 59.1 Å². The van der Waals surface area contributed by atoms with Crippen LogP contribution in [-0.2, 0) is 32.2 Å². The summed E-state index contributed by atoms with van der Waals surface area (Å²) in [5.74, 6) is -0.889. The van der Waals surface area contributed by atoms with Crippen molar-refractivity contribution in [3.05, 3.63) is 71.8 Å². The van der Waals surface area contributed by atoms with Crippen LogP contribution in [-0.4, -0.2) is 101 Å². The second-order valence-corrected chi connectivity index (χ2v) is 14.1. The molecular formula is C36H50N6O7. The Morgan fingerprint density at radius 2 is 1.51 bits per heavy atom. The van der Waals surface area contributed by atoms with Gasteiger partial charge in [0.1, 0.15) is 24.8 Å². The van der Waals surface area contributed by atoms with Crippen molar-refractivity contribution in [3.63, 3.8) is 0 Å². The Balaban J connectivity index is 1.48. The Hall–Kier alpha value is -4.81. The summed E-state index contributed by atoms with van der Waals surface area (Å²) in [4.78, 5) is 71.4. The second-order valence-electron chi connectivity index (χ2n) is 14.1. The topological polar surface area (TPSA) is 150 Å².